The largest absolute Gasteiger partial charge is 0.379 e. The van der Waals surface area contributed by atoms with Gasteiger partial charge in [0.25, 0.3) is 5.91 Å². The van der Waals surface area contributed by atoms with Crippen molar-refractivity contribution in [1.82, 2.24) is 25.8 Å². The highest BCUT2D eigenvalue weighted by atomic mass is 127. The number of amides is 1. The third kappa shape index (κ3) is 8.86. The maximum absolute atomic E-state index is 13.4. The number of aromatic nitrogens is 1. The number of hydrogen-bond acceptors (Lipinski definition) is 5. The zero-order valence-electron chi connectivity index (χ0n) is 18.8. The monoisotopic (exact) mass is 570 g/mol. The second-order valence-corrected chi connectivity index (χ2v) is 7.36. The van der Waals surface area contributed by atoms with E-state index >= 15 is 0 Å². The van der Waals surface area contributed by atoms with Gasteiger partial charge in [0.05, 0.1) is 31.4 Å². The van der Waals surface area contributed by atoms with E-state index in [9.17, 15) is 9.18 Å². The quantitative estimate of drug-likeness (QED) is 0.186. The van der Waals surface area contributed by atoms with Gasteiger partial charge in [0.2, 0.25) is 0 Å². The molecular formula is C23H32FIN6O2. The van der Waals surface area contributed by atoms with E-state index in [-0.39, 0.29) is 41.7 Å². The van der Waals surface area contributed by atoms with Crippen LogP contribution in [0.1, 0.15) is 28.9 Å². The Bertz CT molecular complexity index is 863. The third-order valence-electron chi connectivity index (χ3n) is 5.13. The van der Waals surface area contributed by atoms with Crippen LogP contribution in [0.15, 0.2) is 53.8 Å². The van der Waals surface area contributed by atoms with Crippen LogP contribution in [0.25, 0.3) is 0 Å². The number of ether oxygens (including phenoxy) is 1. The summed E-state index contributed by atoms with van der Waals surface area (Å²) < 4.78 is 18.9. The molecule has 2 heterocycles. The van der Waals surface area contributed by atoms with Crippen LogP contribution >= 0.6 is 24.0 Å². The van der Waals surface area contributed by atoms with Crippen LogP contribution < -0.4 is 16.0 Å². The molecule has 1 aliphatic heterocycles. The number of rotatable bonds is 9. The van der Waals surface area contributed by atoms with E-state index in [1.54, 1.807) is 18.3 Å². The van der Waals surface area contributed by atoms with Crippen LogP contribution in [0.4, 0.5) is 4.39 Å². The zero-order valence-corrected chi connectivity index (χ0v) is 21.1. The number of hydrogen-bond donors (Lipinski definition) is 3. The number of pyridine rings is 1. The van der Waals surface area contributed by atoms with Gasteiger partial charge in [-0.15, -0.1) is 24.0 Å². The maximum Gasteiger partial charge on any atom is 0.252 e. The van der Waals surface area contributed by atoms with E-state index in [2.05, 4.69) is 25.8 Å². The first-order valence-corrected chi connectivity index (χ1v) is 10.9. The van der Waals surface area contributed by atoms with Crippen LogP contribution in [0.2, 0.25) is 0 Å². The standard InChI is InChI=1S/C23H31FN6O2.HI/c1-2-26-23(28-11-10-27-22(31)19-4-3-9-25-16-19)29-17-21(30-12-14-32-15-13-30)18-5-7-20(24)8-6-18;/h3-9,16,21H,2,10-15,17H2,1H3,(H,27,31)(H2,26,28,29);1H. The summed E-state index contributed by atoms with van der Waals surface area (Å²) in [4.78, 5) is 23.2. The summed E-state index contributed by atoms with van der Waals surface area (Å²) in [6, 6.07) is 10.1. The van der Waals surface area contributed by atoms with Crippen molar-refractivity contribution in [2.24, 2.45) is 4.99 Å². The molecule has 0 aliphatic carbocycles. The molecule has 2 aromatic rings. The highest BCUT2D eigenvalue weighted by molar-refractivity contribution is 14.0. The topological polar surface area (TPSA) is 90.9 Å². The molecule has 33 heavy (non-hydrogen) atoms. The van der Waals surface area contributed by atoms with Crippen molar-refractivity contribution in [3.05, 3.63) is 65.7 Å². The Morgan fingerprint density at radius 3 is 2.55 bits per heavy atom. The van der Waals surface area contributed by atoms with E-state index < -0.39 is 0 Å². The van der Waals surface area contributed by atoms with Crippen LogP contribution in [-0.2, 0) is 4.74 Å². The van der Waals surface area contributed by atoms with Gasteiger partial charge in [0, 0.05) is 45.1 Å². The Labute approximate surface area is 211 Å². The maximum atomic E-state index is 13.4. The Morgan fingerprint density at radius 2 is 1.88 bits per heavy atom. The number of nitrogens with zero attached hydrogens (tertiary/aromatic N) is 3. The predicted molar refractivity (Wildman–Crippen MR) is 137 cm³/mol. The molecule has 1 aromatic heterocycles. The van der Waals surface area contributed by atoms with Gasteiger partial charge in [-0.1, -0.05) is 12.1 Å². The molecule has 1 amide bonds. The summed E-state index contributed by atoms with van der Waals surface area (Å²) in [5, 5.41) is 9.35. The Kier molecular flexibility index (Phi) is 12.0. The molecule has 0 saturated carbocycles. The smallest absolute Gasteiger partial charge is 0.252 e. The van der Waals surface area contributed by atoms with Gasteiger partial charge in [0.1, 0.15) is 5.82 Å². The normalized spacial score (nSPS) is 15.3. The van der Waals surface area contributed by atoms with E-state index in [0.29, 0.717) is 50.9 Å². The minimum Gasteiger partial charge on any atom is -0.379 e. The first-order valence-electron chi connectivity index (χ1n) is 10.9. The fourth-order valence-corrected chi connectivity index (χ4v) is 3.48. The van der Waals surface area contributed by atoms with Crippen molar-refractivity contribution in [2.45, 2.75) is 13.0 Å². The molecule has 1 atom stereocenters. The molecule has 3 N–H and O–H groups in total. The summed E-state index contributed by atoms with van der Waals surface area (Å²) in [6.07, 6.45) is 3.17. The molecule has 1 saturated heterocycles. The van der Waals surface area contributed by atoms with Gasteiger partial charge in [-0.3, -0.25) is 19.7 Å². The first-order chi connectivity index (χ1) is 15.7. The average molecular weight is 570 g/mol. The van der Waals surface area contributed by atoms with Crippen molar-refractivity contribution < 1.29 is 13.9 Å². The van der Waals surface area contributed by atoms with Crippen LogP contribution in [-0.4, -0.2) is 74.2 Å². The average Bonchev–Trinajstić information content (AvgIpc) is 2.84. The summed E-state index contributed by atoms with van der Waals surface area (Å²) in [6.45, 7) is 7.17. The van der Waals surface area contributed by atoms with E-state index in [4.69, 9.17) is 9.73 Å². The van der Waals surface area contributed by atoms with Crippen molar-refractivity contribution in [2.75, 3.05) is 52.5 Å². The number of halogens is 2. The summed E-state index contributed by atoms with van der Waals surface area (Å²) in [7, 11) is 0. The predicted octanol–water partition coefficient (Wildman–Crippen LogP) is 2.20. The molecule has 1 fully saturated rings. The fourth-order valence-electron chi connectivity index (χ4n) is 3.48. The molecule has 0 bridgehead atoms. The second kappa shape index (κ2) is 14.8. The molecule has 3 rings (SSSR count). The first kappa shape index (κ1) is 26.9. The molecular weight excluding hydrogens is 538 g/mol. The minimum absolute atomic E-state index is 0. The van der Waals surface area contributed by atoms with E-state index in [1.165, 1.54) is 18.3 Å². The molecule has 10 heteroatoms. The van der Waals surface area contributed by atoms with Gasteiger partial charge in [-0.2, -0.15) is 0 Å². The Morgan fingerprint density at radius 1 is 1.15 bits per heavy atom. The second-order valence-electron chi connectivity index (χ2n) is 7.36. The van der Waals surface area contributed by atoms with Gasteiger partial charge in [-0.25, -0.2) is 4.39 Å². The highest BCUT2D eigenvalue weighted by Gasteiger charge is 2.22. The number of aliphatic imine (C=N–C) groups is 1. The number of guanidine groups is 1. The van der Waals surface area contributed by atoms with E-state index in [1.807, 2.05) is 19.1 Å². The van der Waals surface area contributed by atoms with Crippen molar-refractivity contribution in [3.8, 4) is 0 Å². The van der Waals surface area contributed by atoms with Crippen LogP contribution in [0.5, 0.6) is 0 Å². The minimum atomic E-state index is -0.249. The third-order valence-corrected chi connectivity index (χ3v) is 5.13. The summed E-state index contributed by atoms with van der Waals surface area (Å²) in [5.41, 5.74) is 1.55. The lowest BCUT2D eigenvalue weighted by Gasteiger charge is -2.34. The molecule has 0 spiro atoms. The fraction of sp³-hybridized carbons (Fsp3) is 0.435. The number of benzene rings is 1. The van der Waals surface area contributed by atoms with Crippen LogP contribution in [0, 0.1) is 5.82 Å². The summed E-state index contributed by atoms with van der Waals surface area (Å²) >= 11 is 0. The lowest BCUT2D eigenvalue weighted by Crippen LogP contribution is -2.43. The number of morpholine rings is 1. The number of nitrogens with one attached hydrogen (secondary N) is 3. The van der Waals surface area contributed by atoms with Crippen molar-refractivity contribution in [3.63, 3.8) is 0 Å². The lowest BCUT2D eigenvalue weighted by atomic mass is 10.0. The Balaban J connectivity index is 0.00000385. The number of carbonyl (C=O) groups is 1. The van der Waals surface area contributed by atoms with Crippen molar-refractivity contribution >= 4 is 35.8 Å². The zero-order chi connectivity index (χ0) is 22.6. The van der Waals surface area contributed by atoms with E-state index in [0.717, 1.165) is 18.7 Å². The summed E-state index contributed by atoms with van der Waals surface area (Å²) in [5.74, 6) is 0.260. The van der Waals surface area contributed by atoms with Gasteiger partial charge < -0.3 is 20.7 Å². The molecule has 180 valence electrons. The SMILES string of the molecule is CCNC(=NCC(c1ccc(F)cc1)N1CCOCC1)NCCNC(=O)c1cccnc1.I. The molecule has 0 radical (unpaired) electrons. The molecule has 8 nitrogen and oxygen atoms in total. The number of carbonyl (C=O) groups excluding carboxylic acids is 1. The van der Waals surface area contributed by atoms with Gasteiger partial charge in [0.15, 0.2) is 5.96 Å². The lowest BCUT2D eigenvalue weighted by molar-refractivity contribution is 0.0179. The van der Waals surface area contributed by atoms with Gasteiger partial charge in [-0.05, 0) is 36.8 Å². The van der Waals surface area contributed by atoms with Gasteiger partial charge >= 0.3 is 0 Å². The van der Waals surface area contributed by atoms with Crippen molar-refractivity contribution in [1.29, 1.82) is 0 Å². The molecule has 1 unspecified atom stereocenters. The highest BCUT2D eigenvalue weighted by Crippen LogP contribution is 2.22. The molecule has 1 aromatic carbocycles. The van der Waals surface area contributed by atoms with Crippen LogP contribution in [0.3, 0.4) is 0 Å². The molecule has 1 aliphatic rings. The Hall–Kier alpha value is -2.31.